The van der Waals surface area contributed by atoms with E-state index in [4.69, 9.17) is 9.84 Å². The van der Waals surface area contributed by atoms with Crippen LogP contribution in [0.2, 0.25) is 0 Å². The second kappa shape index (κ2) is 9.56. The molecule has 0 radical (unpaired) electrons. The summed E-state index contributed by atoms with van der Waals surface area (Å²) in [4.78, 5) is 15.8. The van der Waals surface area contributed by atoms with Crippen molar-refractivity contribution in [2.24, 2.45) is 0 Å². The predicted octanol–water partition coefficient (Wildman–Crippen LogP) is 2.29. The Labute approximate surface area is 130 Å². The van der Waals surface area contributed by atoms with Gasteiger partial charge in [0.2, 0.25) is 0 Å². The van der Waals surface area contributed by atoms with E-state index in [-0.39, 0.29) is 12.5 Å². The molecule has 0 aliphatic rings. The van der Waals surface area contributed by atoms with Crippen LogP contribution in [0.5, 0.6) is 0 Å². The molecule has 0 unspecified atom stereocenters. The van der Waals surface area contributed by atoms with Crippen molar-refractivity contribution in [3.8, 4) is 11.8 Å². The van der Waals surface area contributed by atoms with E-state index in [1.165, 1.54) is 11.3 Å². The third-order valence-electron chi connectivity index (χ3n) is 2.95. The number of likely N-dealkylation sites (N-methyl/N-ethyl adjacent to an activating group) is 1. The number of carbonyl (C=O) groups is 1. The third-order valence-corrected chi connectivity index (χ3v) is 4.09. The van der Waals surface area contributed by atoms with Crippen LogP contribution in [0.4, 0.5) is 0 Å². The lowest BCUT2D eigenvalue weighted by Gasteiger charge is -2.19. The molecule has 5 heteroatoms. The minimum absolute atomic E-state index is 0.0283. The highest BCUT2D eigenvalue weighted by molar-refractivity contribution is 7.14. The van der Waals surface area contributed by atoms with Crippen LogP contribution in [0.3, 0.4) is 0 Å². The van der Waals surface area contributed by atoms with Crippen molar-refractivity contribution >= 4 is 17.2 Å². The summed E-state index contributed by atoms with van der Waals surface area (Å²) < 4.78 is 5.31. The summed E-state index contributed by atoms with van der Waals surface area (Å²) in [6.45, 7) is 8.40. The van der Waals surface area contributed by atoms with Crippen LogP contribution >= 0.6 is 11.3 Å². The number of rotatable bonds is 7. The number of aryl methyl sites for hydroxylation is 1. The van der Waals surface area contributed by atoms with Crippen molar-refractivity contribution < 1.29 is 14.6 Å². The van der Waals surface area contributed by atoms with E-state index in [9.17, 15) is 4.79 Å². The molecule has 0 aliphatic heterocycles. The van der Waals surface area contributed by atoms with Gasteiger partial charge in [0.25, 0.3) is 5.91 Å². The summed E-state index contributed by atoms with van der Waals surface area (Å²) in [5, 5.41) is 8.74. The van der Waals surface area contributed by atoms with Crippen LogP contribution in [0, 0.1) is 18.8 Å². The van der Waals surface area contributed by atoms with Gasteiger partial charge in [-0.25, -0.2) is 0 Å². The number of carbonyl (C=O) groups excluding carboxylic acids is 1. The first-order valence-corrected chi connectivity index (χ1v) is 8.02. The molecule has 0 saturated carbocycles. The summed E-state index contributed by atoms with van der Waals surface area (Å²) in [7, 11) is 0. The molecular formula is C16H23NO3S. The molecule has 0 fully saturated rings. The van der Waals surface area contributed by atoms with Gasteiger partial charge in [-0.15, -0.1) is 11.3 Å². The van der Waals surface area contributed by atoms with Crippen molar-refractivity contribution in [1.29, 1.82) is 0 Å². The minimum atomic E-state index is 0.0283. The van der Waals surface area contributed by atoms with Gasteiger partial charge in [0.1, 0.15) is 0 Å². The quantitative estimate of drug-likeness (QED) is 0.621. The Bertz CT molecular complexity index is 513. The molecule has 0 aliphatic carbocycles. The standard InChI is InChI=1S/C16H23NO3S/c1-4-17(9-11-20-5-2)16(19)15-12-13(3)14(21-15)8-6-7-10-18/h12,18H,4-5,7,9-11H2,1-3H3. The smallest absolute Gasteiger partial charge is 0.264 e. The molecular weight excluding hydrogens is 286 g/mol. The van der Waals surface area contributed by atoms with E-state index in [0.717, 1.165) is 10.4 Å². The van der Waals surface area contributed by atoms with Crippen LogP contribution in [0.25, 0.3) is 0 Å². The second-order valence-corrected chi connectivity index (χ2v) is 5.53. The fraction of sp³-hybridized carbons (Fsp3) is 0.562. The number of thiophene rings is 1. The van der Waals surface area contributed by atoms with E-state index < -0.39 is 0 Å². The highest BCUT2D eigenvalue weighted by Gasteiger charge is 2.17. The summed E-state index contributed by atoms with van der Waals surface area (Å²) in [5.74, 6) is 5.93. The Kier molecular flexibility index (Phi) is 8.06. The lowest BCUT2D eigenvalue weighted by atomic mass is 10.2. The lowest BCUT2D eigenvalue weighted by molar-refractivity contribution is 0.0673. The average molecular weight is 309 g/mol. The van der Waals surface area contributed by atoms with Crippen molar-refractivity contribution in [3.05, 3.63) is 21.4 Å². The number of aliphatic hydroxyl groups is 1. The van der Waals surface area contributed by atoms with Gasteiger partial charge in [-0.1, -0.05) is 11.8 Å². The maximum absolute atomic E-state index is 12.5. The van der Waals surface area contributed by atoms with Gasteiger partial charge < -0.3 is 14.7 Å². The monoisotopic (exact) mass is 309 g/mol. The topological polar surface area (TPSA) is 49.8 Å². The summed E-state index contributed by atoms with van der Waals surface area (Å²) >= 11 is 1.41. The molecule has 0 atom stereocenters. The van der Waals surface area contributed by atoms with Crippen LogP contribution in [-0.4, -0.2) is 48.8 Å². The van der Waals surface area contributed by atoms with Crippen molar-refractivity contribution in [1.82, 2.24) is 4.90 Å². The molecule has 1 heterocycles. The van der Waals surface area contributed by atoms with E-state index in [1.807, 2.05) is 26.8 Å². The number of aliphatic hydroxyl groups excluding tert-OH is 1. The number of nitrogens with zero attached hydrogens (tertiary/aromatic N) is 1. The zero-order valence-corrected chi connectivity index (χ0v) is 13.8. The van der Waals surface area contributed by atoms with Crippen LogP contribution in [0.15, 0.2) is 6.07 Å². The largest absolute Gasteiger partial charge is 0.395 e. The SMILES string of the molecule is CCOCCN(CC)C(=O)c1cc(C)c(C#CCCO)s1. The summed E-state index contributed by atoms with van der Waals surface area (Å²) in [5.41, 5.74) is 1.01. The van der Waals surface area contributed by atoms with E-state index in [2.05, 4.69) is 11.8 Å². The molecule has 0 spiro atoms. The fourth-order valence-electron chi connectivity index (χ4n) is 1.79. The Balaban J connectivity index is 2.77. The molecule has 1 N–H and O–H groups in total. The minimum Gasteiger partial charge on any atom is -0.395 e. The molecule has 116 valence electrons. The van der Waals surface area contributed by atoms with Crippen LogP contribution in [0.1, 0.15) is 40.4 Å². The van der Waals surface area contributed by atoms with E-state index >= 15 is 0 Å². The maximum atomic E-state index is 12.5. The Morgan fingerprint density at radius 3 is 2.86 bits per heavy atom. The van der Waals surface area contributed by atoms with Gasteiger partial charge in [0.15, 0.2) is 0 Å². The second-order valence-electron chi connectivity index (χ2n) is 4.48. The zero-order chi connectivity index (χ0) is 15.7. The molecule has 0 aromatic carbocycles. The average Bonchev–Trinajstić information content (AvgIpc) is 2.85. The molecule has 0 saturated heterocycles. The molecule has 4 nitrogen and oxygen atoms in total. The van der Waals surface area contributed by atoms with Crippen molar-refractivity contribution in [2.45, 2.75) is 27.2 Å². The lowest BCUT2D eigenvalue weighted by Crippen LogP contribution is -2.33. The first-order chi connectivity index (χ1) is 10.1. The van der Waals surface area contributed by atoms with Gasteiger partial charge in [-0.05, 0) is 32.4 Å². The summed E-state index contributed by atoms with van der Waals surface area (Å²) in [6, 6.07) is 1.89. The molecule has 21 heavy (non-hydrogen) atoms. The number of ether oxygens (including phenoxy) is 1. The van der Waals surface area contributed by atoms with Gasteiger partial charge in [-0.2, -0.15) is 0 Å². The highest BCUT2D eigenvalue weighted by atomic mass is 32.1. The predicted molar refractivity (Wildman–Crippen MR) is 85.7 cm³/mol. The van der Waals surface area contributed by atoms with Crippen LogP contribution in [-0.2, 0) is 4.74 Å². The fourth-order valence-corrected chi connectivity index (χ4v) is 2.80. The van der Waals surface area contributed by atoms with Crippen LogP contribution < -0.4 is 0 Å². The zero-order valence-electron chi connectivity index (χ0n) is 12.9. The summed E-state index contributed by atoms with van der Waals surface area (Å²) in [6.07, 6.45) is 0.454. The number of hydrogen-bond acceptors (Lipinski definition) is 4. The molecule has 1 amide bonds. The van der Waals surface area contributed by atoms with Gasteiger partial charge in [0.05, 0.1) is 23.0 Å². The first kappa shape index (κ1) is 17.7. The molecule has 0 bridgehead atoms. The van der Waals surface area contributed by atoms with Crippen molar-refractivity contribution in [3.63, 3.8) is 0 Å². The molecule has 1 aromatic heterocycles. The van der Waals surface area contributed by atoms with Gasteiger partial charge in [0, 0.05) is 26.1 Å². The first-order valence-electron chi connectivity index (χ1n) is 7.21. The van der Waals surface area contributed by atoms with Crippen molar-refractivity contribution in [2.75, 3.05) is 32.9 Å². The number of hydrogen-bond donors (Lipinski definition) is 1. The van der Waals surface area contributed by atoms with Gasteiger partial charge >= 0.3 is 0 Å². The Hall–Kier alpha value is -1.35. The normalized spacial score (nSPS) is 10.1. The maximum Gasteiger partial charge on any atom is 0.264 e. The van der Waals surface area contributed by atoms with E-state index in [1.54, 1.807) is 4.90 Å². The van der Waals surface area contributed by atoms with E-state index in [0.29, 0.717) is 37.6 Å². The molecule has 1 aromatic rings. The van der Waals surface area contributed by atoms with Gasteiger partial charge in [-0.3, -0.25) is 4.79 Å². The Morgan fingerprint density at radius 1 is 1.48 bits per heavy atom. The molecule has 1 rings (SSSR count). The number of amides is 1. The third kappa shape index (κ3) is 5.50. The Morgan fingerprint density at radius 2 is 2.24 bits per heavy atom. The highest BCUT2D eigenvalue weighted by Crippen LogP contribution is 2.22.